The molecule has 0 radical (unpaired) electrons. The number of hydrogen-bond acceptors (Lipinski definition) is 2. The Kier molecular flexibility index (Phi) is 3.25. The highest BCUT2D eigenvalue weighted by atomic mass is 79.9. The van der Waals surface area contributed by atoms with Crippen molar-refractivity contribution in [3.8, 4) is 0 Å². The highest BCUT2D eigenvalue weighted by molar-refractivity contribution is 9.14. The number of amides is 1. The average Bonchev–Trinajstić information content (AvgIpc) is 2.81. The molecule has 3 rings (SSSR count). The van der Waals surface area contributed by atoms with Crippen molar-refractivity contribution in [2.24, 2.45) is 0 Å². The molecule has 1 aromatic carbocycles. The van der Waals surface area contributed by atoms with E-state index in [2.05, 4.69) is 44.0 Å². The molecule has 1 aromatic rings. The van der Waals surface area contributed by atoms with Crippen LogP contribution >= 0.6 is 31.9 Å². The Morgan fingerprint density at radius 1 is 1.10 bits per heavy atom. The third-order valence-electron chi connectivity index (χ3n) is 3.45. The number of nitrogens with zero attached hydrogens (tertiary/aromatic N) is 1. The summed E-state index contributed by atoms with van der Waals surface area (Å²) in [7, 11) is 0. The fourth-order valence-corrected chi connectivity index (χ4v) is 4.13. The summed E-state index contributed by atoms with van der Waals surface area (Å²) in [6, 6.07) is 7.97. The van der Waals surface area contributed by atoms with E-state index in [0.717, 1.165) is 8.96 Å². The Labute approximate surface area is 135 Å². The van der Waals surface area contributed by atoms with Gasteiger partial charge in [0.1, 0.15) is 5.60 Å². The summed E-state index contributed by atoms with van der Waals surface area (Å²) in [5.74, 6) is 0. The SMILES string of the molecule is CC(C)(C)OC(=O)N1C2C(Br)=C(Br)C1c1ccccc12. The van der Waals surface area contributed by atoms with E-state index in [1.807, 2.05) is 32.9 Å². The molecular weight excluding hydrogens is 386 g/mol. The first-order valence-electron chi connectivity index (χ1n) is 6.46. The summed E-state index contributed by atoms with van der Waals surface area (Å²) < 4.78 is 7.56. The molecule has 5 heteroatoms. The van der Waals surface area contributed by atoms with Crippen LogP contribution in [0.4, 0.5) is 4.79 Å². The molecule has 0 spiro atoms. The lowest BCUT2D eigenvalue weighted by Gasteiger charge is -2.28. The van der Waals surface area contributed by atoms with Gasteiger partial charge in [-0.1, -0.05) is 56.1 Å². The normalized spacial score (nSPS) is 24.1. The maximum absolute atomic E-state index is 12.5. The van der Waals surface area contributed by atoms with Crippen molar-refractivity contribution in [2.45, 2.75) is 38.5 Å². The van der Waals surface area contributed by atoms with Crippen molar-refractivity contribution in [2.75, 3.05) is 0 Å². The third kappa shape index (κ3) is 2.02. The predicted octanol–water partition coefficient (Wildman–Crippen LogP) is 5.03. The zero-order valence-electron chi connectivity index (χ0n) is 11.5. The molecule has 2 unspecified atom stereocenters. The quantitative estimate of drug-likeness (QED) is 0.610. The van der Waals surface area contributed by atoms with E-state index in [1.165, 1.54) is 11.1 Å². The minimum absolute atomic E-state index is 0.0829. The first-order valence-corrected chi connectivity index (χ1v) is 8.05. The Bertz CT molecular complexity index is 580. The smallest absolute Gasteiger partial charge is 0.411 e. The standard InChI is InChI=1S/C15H15Br2NO2/c1-15(2,3)20-14(19)18-12-8-6-4-5-7-9(8)13(18)11(17)10(12)16/h4-7,12-13H,1-3H3. The molecule has 2 heterocycles. The minimum atomic E-state index is -0.496. The van der Waals surface area contributed by atoms with E-state index in [4.69, 9.17) is 4.74 Å². The molecule has 0 saturated carbocycles. The number of fused-ring (bicyclic) bond motifs is 5. The summed E-state index contributed by atoms with van der Waals surface area (Å²) in [6.45, 7) is 5.65. The summed E-state index contributed by atoms with van der Waals surface area (Å²) >= 11 is 7.20. The Morgan fingerprint density at radius 2 is 1.55 bits per heavy atom. The maximum Gasteiger partial charge on any atom is 0.411 e. The highest BCUT2D eigenvalue weighted by Gasteiger charge is 2.51. The molecule has 0 aliphatic carbocycles. The van der Waals surface area contributed by atoms with Crippen LogP contribution in [-0.2, 0) is 4.74 Å². The van der Waals surface area contributed by atoms with Crippen molar-refractivity contribution >= 4 is 38.0 Å². The minimum Gasteiger partial charge on any atom is -0.444 e. The van der Waals surface area contributed by atoms with Crippen molar-refractivity contribution in [3.05, 3.63) is 44.4 Å². The monoisotopic (exact) mass is 399 g/mol. The van der Waals surface area contributed by atoms with Crippen molar-refractivity contribution in [1.82, 2.24) is 4.90 Å². The molecule has 2 bridgehead atoms. The van der Waals surface area contributed by atoms with Crippen molar-refractivity contribution in [1.29, 1.82) is 0 Å². The second-order valence-corrected chi connectivity index (χ2v) is 7.73. The Morgan fingerprint density at radius 3 is 1.95 bits per heavy atom. The van der Waals surface area contributed by atoms with E-state index in [9.17, 15) is 4.79 Å². The summed E-state index contributed by atoms with van der Waals surface area (Å²) in [6.07, 6.45) is -0.282. The number of carbonyl (C=O) groups excluding carboxylic acids is 1. The molecular formula is C15H15Br2NO2. The maximum atomic E-state index is 12.5. The number of hydrogen-bond donors (Lipinski definition) is 0. The zero-order valence-corrected chi connectivity index (χ0v) is 14.7. The van der Waals surface area contributed by atoms with Crippen LogP contribution in [0.25, 0.3) is 0 Å². The van der Waals surface area contributed by atoms with E-state index in [1.54, 1.807) is 4.90 Å². The number of benzene rings is 1. The lowest BCUT2D eigenvalue weighted by Crippen LogP contribution is -2.35. The average molecular weight is 401 g/mol. The number of ether oxygens (including phenoxy) is 1. The van der Waals surface area contributed by atoms with Crippen LogP contribution in [-0.4, -0.2) is 16.6 Å². The van der Waals surface area contributed by atoms with Crippen molar-refractivity contribution < 1.29 is 9.53 Å². The van der Waals surface area contributed by atoms with Gasteiger partial charge in [0.05, 0.1) is 12.1 Å². The van der Waals surface area contributed by atoms with Gasteiger partial charge in [0.25, 0.3) is 0 Å². The largest absolute Gasteiger partial charge is 0.444 e. The summed E-state index contributed by atoms with van der Waals surface area (Å²) in [5.41, 5.74) is 1.83. The zero-order chi connectivity index (χ0) is 14.7. The topological polar surface area (TPSA) is 29.5 Å². The molecule has 3 nitrogen and oxygen atoms in total. The van der Waals surface area contributed by atoms with Crippen LogP contribution in [0.1, 0.15) is 44.0 Å². The first kappa shape index (κ1) is 14.1. The van der Waals surface area contributed by atoms with Crippen LogP contribution in [0.2, 0.25) is 0 Å². The second kappa shape index (κ2) is 4.60. The molecule has 106 valence electrons. The van der Waals surface area contributed by atoms with Crippen LogP contribution in [0.5, 0.6) is 0 Å². The number of halogens is 2. The fraction of sp³-hybridized carbons (Fsp3) is 0.400. The molecule has 1 amide bonds. The van der Waals surface area contributed by atoms with Gasteiger partial charge in [-0.05, 0) is 31.9 Å². The molecule has 2 atom stereocenters. The van der Waals surface area contributed by atoms with Gasteiger partial charge in [-0.2, -0.15) is 0 Å². The third-order valence-corrected chi connectivity index (χ3v) is 5.71. The van der Waals surface area contributed by atoms with Gasteiger partial charge in [-0.25, -0.2) is 4.79 Å². The van der Waals surface area contributed by atoms with Crippen LogP contribution < -0.4 is 0 Å². The lowest BCUT2D eigenvalue weighted by atomic mass is 9.97. The van der Waals surface area contributed by atoms with Gasteiger partial charge in [0.2, 0.25) is 0 Å². The fourth-order valence-electron chi connectivity index (χ4n) is 2.76. The van der Waals surface area contributed by atoms with Gasteiger partial charge < -0.3 is 4.74 Å². The number of carbonyl (C=O) groups is 1. The lowest BCUT2D eigenvalue weighted by molar-refractivity contribution is 0.0193. The molecule has 2 aliphatic rings. The van der Waals surface area contributed by atoms with Crippen LogP contribution in [0.15, 0.2) is 33.2 Å². The first-order chi connectivity index (χ1) is 9.31. The van der Waals surface area contributed by atoms with Gasteiger partial charge in [0, 0.05) is 8.96 Å². The van der Waals surface area contributed by atoms with E-state index in [-0.39, 0.29) is 18.2 Å². The van der Waals surface area contributed by atoms with Crippen LogP contribution in [0, 0.1) is 0 Å². The summed E-state index contributed by atoms with van der Waals surface area (Å²) in [4.78, 5) is 14.3. The van der Waals surface area contributed by atoms with E-state index in [0.29, 0.717) is 0 Å². The summed E-state index contributed by atoms with van der Waals surface area (Å²) in [5, 5.41) is 0. The van der Waals surface area contributed by atoms with Crippen molar-refractivity contribution in [3.63, 3.8) is 0 Å². The van der Waals surface area contributed by atoms with Gasteiger partial charge in [0.15, 0.2) is 0 Å². The predicted molar refractivity (Wildman–Crippen MR) is 84.9 cm³/mol. The van der Waals surface area contributed by atoms with Gasteiger partial charge in [-0.15, -0.1) is 0 Å². The molecule has 0 N–H and O–H groups in total. The van der Waals surface area contributed by atoms with Crippen LogP contribution in [0.3, 0.4) is 0 Å². The molecule has 0 saturated heterocycles. The van der Waals surface area contributed by atoms with E-state index < -0.39 is 5.60 Å². The van der Waals surface area contributed by atoms with Gasteiger partial charge in [-0.3, -0.25) is 4.90 Å². The Hall–Kier alpha value is -0.810. The van der Waals surface area contributed by atoms with Gasteiger partial charge >= 0.3 is 6.09 Å². The molecule has 0 aromatic heterocycles. The van der Waals surface area contributed by atoms with E-state index >= 15 is 0 Å². The number of rotatable bonds is 0. The molecule has 0 fully saturated rings. The highest BCUT2D eigenvalue weighted by Crippen LogP contribution is 2.59. The molecule has 20 heavy (non-hydrogen) atoms. The molecule has 2 aliphatic heterocycles. The Balaban J connectivity index is 2.00. The second-order valence-electron chi connectivity index (χ2n) is 6.02.